The fraction of sp³-hybridized carbons (Fsp3) is 0.357. The minimum absolute atomic E-state index is 0.876. The number of pyridine rings is 1. The molecule has 2 nitrogen and oxygen atoms in total. The molecule has 0 radical (unpaired) electrons. The van der Waals surface area contributed by atoms with Gasteiger partial charge < -0.3 is 4.74 Å². The minimum Gasteiger partial charge on any atom is -0.496 e. The van der Waals surface area contributed by atoms with Gasteiger partial charge in [-0.05, 0) is 18.2 Å². The van der Waals surface area contributed by atoms with Crippen LogP contribution >= 0.6 is 0 Å². The van der Waals surface area contributed by atoms with E-state index in [9.17, 15) is 0 Å². The minimum atomic E-state index is 0.876. The summed E-state index contributed by atoms with van der Waals surface area (Å²) in [6.45, 7) is 8.00. The third kappa shape index (κ3) is 3.54. The highest BCUT2D eigenvalue weighted by atomic mass is 16.5. The van der Waals surface area contributed by atoms with Crippen LogP contribution in [0.5, 0.6) is 5.75 Å². The average molecular weight is 219 g/mol. The van der Waals surface area contributed by atoms with Gasteiger partial charge >= 0.3 is 0 Å². The maximum atomic E-state index is 5.19. The van der Waals surface area contributed by atoms with E-state index in [1.807, 2.05) is 58.0 Å². The molecule has 2 heteroatoms. The summed E-state index contributed by atoms with van der Waals surface area (Å²) in [5.41, 5.74) is 0.969. The van der Waals surface area contributed by atoms with Gasteiger partial charge in [0.2, 0.25) is 0 Å². The van der Waals surface area contributed by atoms with E-state index in [0.29, 0.717) is 0 Å². The van der Waals surface area contributed by atoms with Gasteiger partial charge in [0.05, 0.1) is 12.6 Å². The monoisotopic (exact) mass is 219 g/mol. The summed E-state index contributed by atoms with van der Waals surface area (Å²) < 4.78 is 5.19. The number of hydrogen-bond acceptors (Lipinski definition) is 2. The van der Waals surface area contributed by atoms with Crippen molar-refractivity contribution in [3.8, 4) is 5.75 Å². The van der Waals surface area contributed by atoms with Crippen molar-refractivity contribution in [2.24, 2.45) is 0 Å². The lowest BCUT2D eigenvalue weighted by atomic mass is 10.2. The molecule has 2 aromatic rings. The number of methoxy groups -OCH3 is 1. The van der Waals surface area contributed by atoms with Crippen molar-refractivity contribution < 1.29 is 4.74 Å². The Morgan fingerprint density at radius 2 is 1.56 bits per heavy atom. The van der Waals surface area contributed by atoms with Crippen LogP contribution < -0.4 is 4.74 Å². The molecule has 0 aliphatic heterocycles. The van der Waals surface area contributed by atoms with Crippen molar-refractivity contribution in [2.45, 2.75) is 27.7 Å². The molecule has 0 unspecified atom stereocenters. The molecule has 1 heterocycles. The summed E-state index contributed by atoms with van der Waals surface area (Å²) in [7, 11) is 1.67. The number of benzene rings is 1. The summed E-state index contributed by atoms with van der Waals surface area (Å²) in [4.78, 5) is 4.21. The zero-order valence-electron chi connectivity index (χ0n) is 10.8. The van der Waals surface area contributed by atoms with Crippen molar-refractivity contribution in [1.82, 2.24) is 4.98 Å². The first-order valence-corrected chi connectivity index (χ1v) is 5.79. The molecule has 0 fully saturated rings. The van der Waals surface area contributed by atoms with E-state index < -0.39 is 0 Å². The summed E-state index contributed by atoms with van der Waals surface area (Å²) in [5.74, 6) is 0.876. The van der Waals surface area contributed by atoms with Crippen LogP contribution in [0.3, 0.4) is 0 Å². The summed E-state index contributed by atoms with van der Waals surface area (Å²) in [5, 5.41) is 1.06. The van der Waals surface area contributed by atoms with Crippen LogP contribution in [0.4, 0.5) is 0 Å². The van der Waals surface area contributed by atoms with Gasteiger partial charge in [-0.2, -0.15) is 0 Å². The largest absolute Gasteiger partial charge is 0.496 e. The van der Waals surface area contributed by atoms with Crippen LogP contribution in [-0.4, -0.2) is 12.1 Å². The fourth-order valence-corrected chi connectivity index (χ4v) is 1.25. The van der Waals surface area contributed by atoms with E-state index >= 15 is 0 Å². The van der Waals surface area contributed by atoms with Crippen LogP contribution in [-0.2, 0) is 0 Å². The highest BCUT2D eigenvalue weighted by Crippen LogP contribution is 2.22. The highest BCUT2D eigenvalue weighted by Gasteiger charge is 1.98. The van der Waals surface area contributed by atoms with Crippen molar-refractivity contribution >= 4 is 10.9 Å². The number of para-hydroxylation sites is 1. The lowest BCUT2D eigenvalue weighted by Gasteiger charge is -2.02. The van der Waals surface area contributed by atoms with Gasteiger partial charge in [-0.25, -0.2) is 0 Å². The molecule has 0 saturated heterocycles. The molecule has 0 bridgehead atoms. The average Bonchev–Trinajstić information content (AvgIpc) is 2.42. The quantitative estimate of drug-likeness (QED) is 0.713. The van der Waals surface area contributed by atoms with Gasteiger partial charge in [0, 0.05) is 11.6 Å². The molecular formula is C14H21NO. The molecule has 0 spiro atoms. The molecule has 0 aliphatic rings. The van der Waals surface area contributed by atoms with E-state index in [1.54, 1.807) is 13.3 Å². The van der Waals surface area contributed by atoms with Crippen molar-refractivity contribution in [3.63, 3.8) is 0 Å². The Morgan fingerprint density at radius 3 is 2.19 bits per heavy atom. The Morgan fingerprint density at radius 1 is 0.938 bits per heavy atom. The maximum absolute atomic E-state index is 5.19. The molecule has 0 atom stereocenters. The molecule has 1 aromatic carbocycles. The maximum Gasteiger partial charge on any atom is 0.129 e. The molecule has 0 saturated carbocycles. The first-order chi connectivity index (χ1) is 7.92. The van der Waals surface area contributed by atoms with Gasteiger partial charge in [-0.1, -0.05) is 39.8 Å². The zero-order valence-corrected chi connectivity index (χ0v) is 10.8. The topological polar surface area (TPSA) is 22.1 Å². The van der Waals surface area contributed by atoms with Crippen molar-refractivity contribution in [1.29, 1.82) is 0 Å². The van der Waals surface area contributed by atoms with E-state index in [1.165, 1.54) is 0 Å². The Hall–Kier alpha value is -1.57. The standard InChI is InChI=1S/C10H9NO.2C2H6/c1-12-10-6-7-11-9-5-3-2-4-8(9)10;2*1-2/h2-7H,1H3;2*1-2H3. The second kappa shape index (κ2) is 8.72. The van der Waals surface area contributed by atoms with E-state index in [-0.39, 0.29) is 0 Å². The third-order valence-corrected chi connectivity index (χ3v) is 1.83. The van der Waals surface area contributed by atoms with Gasteiger partial charge in [0.25, 0.3) is 0 Å². The summed E-state index contributed by atoms with van der Waals surface area (Å²) in [6.07, 6.45) is 1.75. The van der Waals surface area contributed by atoms with Crippen LogP contribution in [0.25, 0.3) is 10.9 Å². The van der Waals surface area contributed by atoms with Gasteiger partial charge in [-0.3, -0.25) is 4.98 Å². The van der Waals surface area contributed by atoms with Gasteiger partial charge in [-0.15, -0.1) is 0 Å². The lowest BCUT2D eigenvalue weighted by molar-refractivity contribution is 0.419. The smallest absolute Gasteiger partial charge is 0.129 e. The van der Waals surface area contributed by atoms with E-state index in [4.69, 9.17) is 4.74 Å². The molecular weight excluding hydrogens is 198 g/mol. The predicted molar refractivity (Wildman–Crippen MR) is 71.0 cm³/mol. The first kappa shape index (κ1) is 14.4. The Balaban J connectivity index is 0.000000509. The number of fused-ring (bicyclic) bond motifs is 1. The van der Waals surface area contributed by atoms with Crippen LogP contribution in [0.2, 0.25) is 0 Å². The van der Waals surface area contributed by atoms with Crippen molar-refractivity contribution in [2.75, 3.05) is 7.11 Å². The number of ether oxygens (including phenoxy) is 1. The van der Waals surface area contributed by atoms with E-state index in [2.05, 4.69) is 4.98 Å². The number of nitrogens with zero attached hydrogens (tertiary/aromatic N) is 1. The normalized spacial score (nSPS) is 8.31. The van der Waals surface area contributed by atoms with Crippen LogP contribution in [0.15, 0.2) is 36.5 Å². The molecule has 16 heavy (non-hydrogen) atoms. The highest BCUT2D eigenvalue weighted by molar-refractivity contribution is 5.84. The molecule has 2 rings (SSSR count). The predicted octanol–water partition coefficient (Wildman–Crippen LogP) is 4.30. The second-order valence-corrected chi connectivity index (χ2v) is 2.53. The van der Waals surface area contributed by atoms with E-state index in [0.717, 1.165) is 16.7 Å². The Labute approximate surface area is 98.3 Å². The molecule has 0 amide bonds. The fourth-order valence-electron chi connectivity index (χ4n) is 1.25. The first-order valence-electron chi connectivity index (χ1n) is 5.79. The number of hydrogen-bond donors (Lipinski definition) is 0. The SMILES string of the molecule is CC.CC.COc1ccnc2ccccc12. The molecule has 0 aliphatic carbocycles. The van der Waals surface area contributed by atoms with Crippen LogP contribution in [0.1, 0.15) is 27.7 Å². The Bertz CT molecular complexity index is 393. The molecule has 1 aromatic heterocycles. The lowest BCUT2D eigenvalue weighted by Crippen LogP contribution is -1.85. The molecule has 88 valence electrons. The van der Waals surface area contributed by atoms with Crippen LogP contribution in [0, 0.1) is 0 Å². The van der Waals surface area contributed by atoms with Crippen molar-refractivity contribution in [3.05, 3.63) is 36.5 Å². The second-order valence-electron chi connectivity index (χ2n) is 2.53. The number of aromatic nitrogens is 1. The van der Waals surface area contributed by atoms with Gasteiger partial charge in [0.1, 0.15) is 5.75 Å². The summed E-state index contributed by atoms with van der Waals surface area (Å²) in [6, 6.07) is 9.78. The third-order valence-electron chi connectivity index (χ3n) is 1.83. The summed E-state index contributed by atoms with van der Waals surface area (Å²) >= 11 is 0. The van der Waals surface area contributed by atoms with Gasteiger partial charge in [0.15, 0.2) is 0 Å². The number of rotatable bonds is 1. The Kier molecular flexibility index (Phi) is 7.86. The molecule has 0 N–H and O–H groups in total. The zero-order chi connectivity index (χ0) is 12.4.